The van der Waals surface area contributed by atoms with Gasteiger partial charge in [-0.25, -0.2) is 0 Å². The molecule has 2 fully saturated rings. The zero-order valence-electron chi connectivity index (χ0n) is 38.7. The Bertz CT molecular complexity index is 2560. The standard InChI is InChI=1S/C58H59ClN2O8S/c59-45-31-33-48(34-32-45)70-58-52(61-47-29-17-6-18-30-47)56(66-38-44-25-13-4-14-26-44)54(50(68-58)40-64-36-42-21-9-2-10-22-42)69-57-51(60-46-27-15-5-16-28-46)55(65-37-43-23-11-3-12-24-43)53(62)49(67-57)39-63-35-41-19-7-1-8-20-41/h1-34,49-58,60-62H,35-40H2. The van der Waals surface area contributed by atoms with Crippen molar-refractivity contribution in [3.63, 3.8) is 0 Å². The van der Waals surface area contributed by atoms with Gasteiger partial charge < -0.3 is 48.9 Å². The molecule has 7 aromatic carbocycles. The number of hydrogen-bond acceptors (Lipinski definition) is 11. The number of ether oxygens (including phenoxy) is 7. The number of para-hydroxylation sites is 2. The largest absolute Gasteiger partial charge is 0.388 e. The van der Waals surface area contributed by atoms with Crippen molar-refractivity contribution in [3.05, 3.63) is 234 Å². The van der Waals surface area contributed by atoms with Gasteiger partial charge in [0.1, 0.15) is 48.1 Å². The van der Waals surface area contributed by atoms with Gasteiger partial charge in [0.2, 0.25) is 0 Å². The van der Waals surface area contributed by atoms with Gasteiger partial charge >= 0.3 is 0 Å². The first-order valence-electron chi connectivity index (χ1n) is 23.8. The number of anilines is 2. The van der Waals surface area contributed by atoms with Crippen LogP contribution < -0.4 is 10.6 Å². The molecule has 2 aliphatic heterocycles. The Balaban J connectivity index is 1.11. The summed E-state index contributed by atoms with van der Waals surface area (Å²) in [6, 6.07) is 66.4. The average molecular weight is 980 g/mol. The monoisotopic (exact) mass is 978 g/mol. The van der Waals surface area contributed by atoms with Crippen molar-refractivity contribution in [1.82, 2.24) is 0 Å². The van der Waals surface area contributed by atoms with Gasteiger partial charge in [0.15, 0.2) is 6.29 Å². The van der Waals surface area contributed by atoms with Crippen LogP contribution >= 0.6 is 23.4 Å². The molecule has 12 heteroatoms. The van der Waals surface area contributed by atoms with E-state index in [0.29, 0.717) is 18.2 Å². The Labute approximate surface area is 420 Å². The highest BCUT2D eigenvalue weighted by molar-refractivity contribution is 7.99. The summed E-state index contributed by atoms with van der Waals surface area (Å²) in [7, 11) is 0. The van der Waals surface area contributed by atoms with Gasteiger partial charge in [-0.2, -0.15) is 0 Å². The molecular weight excluding hydrogens is 920 g/mol. The van der Waals surface area contributed by atoms with Crippen molar-refractivity contribution in [2.45, 2.75) is 91.8 Å². The van der Waals surface area contributed by atoms with Gasteiger partial charge in [0.05, 0.1) is 45.7 Å². The van der Waals surface area contributed by atoms with Gasteiger partial charge in [-0.15, -0.1) is 0 Å². The Kier molecular flexibility index (Phi) is 18.0. The Morgan fingerprint density at radius 2 is 0.886 bits per heavy atom. The van der Waals surface area contributed by atoms with Crippen LogP contribution in [-0.2, 0) is 59.6 Å². The summed E-state index contributed by atoms with van der Waals surface area (Å²) < 4.78 is 48.7. The first-order valence-corrected chi connectivity index (χ1v) is 25.0. The summed E-state index contributed by atoms with van der Waals surface area (Å²) in [5, 5.41) is 20.5. The molecule has 10 nitrogen and oxygen atoms in total. The second-order valence-corrected chi connectivity index (χ2v) is 19.0. The van der Waals surface area contributed by atoms with Crippen LogP contribution in [0.25, 0.3) is 0 Å². The van der Waals surface area contributed by atoms with E-state index in [1.54, 1.807) is 11.8 Å². The van der Waals surface area contributed by atoms with Crippen LogP contribution in [0.4, 0.5) is 11.4 Å². The van der Waals surface area contributed by atoms with Crippen molar-refractivity contribution in [2.75, 3.05) is 23.8 Å². The summed E-state index contributed by atoms with van der Waals surface area (Å²) in [4.78, 5) is 0.966. The van der Waals surface area contributed by atoms with E-state index in [9.17, 15) is 5.11 Å². The second-order valence-electron chi connectivity index (χ2n) is 17.3. The highest BCUT2D eigenvalue weighted by Gasteiger charge is 2.53. The number of rotatable bonds is 22. The fourth-order valence-electron chi connectivity index (χ4n) is 8.70. The van der Waals surface area contributed by atoms with Crippen LogP contribution in [0.1, 0.15) is 22.3 Å². The topological polar surface area (TPSA) is 109 Å². The molecule has 362 valence electrons. The number of nitrogens with one attached hydrogen (secondary N) is 2. The van der Waals surface area contributed by atoms with Gasteiger partial charge in [-0.3, -0.25) is 0 Å². The molecule has 3 N–H and O–H groups in total. The van der Waals surface area contributed by atoms with Crippen molar-refractivity contribution >= 4 is 34.7 Å². The van der Waals surface area contributed by atoms with Gasteiger partial charge in [-0.1, -0.05) is 181 Å². The first-order chi connectivity index (χ1) is 34.5. The molecule has 9 rings (SSSR count). The fourth-order valence-corrected chi connectivity index (χ4v) is 9.96. The maximum Gasteiger partial charge on any atom is 0.181 e. The summed E-state index contributed by atoms with van der Waals surface area (Å²) in [6.45, 7) is 1.41. The Morgan fingerprint density at radius 3 is 1.39 bits per heavy atom. The summed E-state index contributed by atoms with van der Waals surface area (Å²) in [5.41, 5.74) is 5.15. The molecule has 0 aromatic heterocycles. The van der Waals surface area contributed by atoms with Crippen LogP contribution in [0, 0.1) is 0 Å². The van der Waals surface area contributed by atoms with E-state index in [1.807, 2.05) is 194 Å². The molecular formula is C58H59ClN2O8S. The van der Waals surface area contributed by atoms with E-state index >= 15 is 0 Å². The molecule has 0 aliphatic carbocycles. The first kappa shape index (κ1) is 49.4. The van der Waals surface area contributed by atoms with Gasteiger partial charge in [0.25, 0.3) is 0 Å². The third-order valence-electron chi connectivity index (χ3n) is 12.2. The molecule has 10 atom stereocenters. The van der Waals surface area contributed by atoms with Crippen LogP contribution in [0.15, 0.2) is 211 Å². The second kappa shape index (κ2) is 25.5. The number of benzene rings is 7. The lowest BCUT2D eigenvalue weighted by Gasteiger charge is -2.50. The van der Waals surface area contributed by atoms with Crippen molar-refractivity contribution in [1.29, 1.82) is 0 Å². The third kappa shape index (κ3) is 13.9. The predicted molar refractivity (Wildman–Crippen MR) is 275 cm³/mol. The molecule has 0 bridgehead atoms. The fraction of sp³-hybridized carbons (Fsp3) is 0.276. The molecule has 0 spiro atoms. The Morgan fingerprint density at radius 1 is 0.457 bits per heavy atom. The number of hydrogen-bond donors (Lipinski definition) is 3. The number of halogens is 1. The van der Waals surface area contributed by atoms with Crippen LogP contribution in [-0.4, -0.2) is 78.8 Å². The minimum Gasteiger partial charge on any atom is -0.388 e. The average Bonchev–Trinajstić information content (AvgIpc) is 3.40. The highest BCUT2D eigenvalue weighted by atomic mass is 35.5. The van der Waals surface area contributed by atoms with Crippen LogP contribution in [0.5, 0.6) is 0 Å². The lowest BCUT2D eigenvalue weighted by Crippen LogP contribution is -2.67. The van der Waals surface area contributed by atoms with E-state index in [0.717, 1.165) is 38.5 Å². The van der Waals surface area contributed by atoms with E-state index in [4.69, 9.17) is 44.8 Å². The quantitative estimate of drug-likeness (QED) is 0.0604. The van der Waals surface area contributed by atoms with Crippen LogP contribution in [0.2, 0.25) is 5.02 Å². The number of aliphatic hydroxyl groups excluding tert-OH is 1. The lowest BCUT2D eigenvalue weighted by molar-refractivity contribution is -0.314. The highest BCUT2D eigenvalue weighted by Crippen LogP contribution is 2.40. The molecule has 7 aromatic rings. The van der Waals surface area contributed by atoms with Crippen molar-refractivity contribution < 1.29 is 38.3 Å². The lowest BCUT2D eigenvalue weighted by atomic mass is 9.94. The molecule has 0 saturated carbocycles. The van der Waals surface area contributed by atoms with Crippen molar-refractivity contribution in [2.24, 2.45) is 0 Å². The van der Waals surface area contributed by atoms with E-state index in [-0.39, 0.29) is 26.4 Å². The van der Waals surface area contributed by atoms with Gasteiger partial charge in [0, 0.05) is 21.3 Å². The molecule has 70 heavy (non-hydrogen) atoms. The molecule has 0 amide bonds. The van der Waals surface area contributed by atoms with E-state index in [2.05, 4.69) is 22.8 Å². The zero-order chi connectivity index (χ0) is 47.7. The molecule has 2 aliphatic rings. The molecule has 0 radical (unpaired) electrons. The maximum absolute atomic E-state index is 12.4. The number of aliphatic hydroxyl groups is 1. The van der Waals surface area contributed by atoms with E-state index < -0.39 is 60.4 Å². The number of thioether (sulfide) groups is 1. The zero-order valence-corrected chi connectivity index (χ0v) is 40.3. The van der Waals surface area contributed by atoms with Crippen molar-refractivity contribution in [3.8, 4) is 0 Å². The summed E-state index contributed by atoms with van der Waals surface area (Å²) in [5.74, 6) is 0. The molecule has 10 unspecified atom stereocenters. The minimum atomic E-state index is -1.12. The van der Waals surface area contributed by atoms with Crippen LogP contribution in [0.3, 0.4) is 0 Å². The molecule has 2 heterocycles. The predicted octanol–water partition coefficient (Wildman–Crippen LogP) is 11.2. The maximum atomic E-state index is 12.4. The summed E-state index contributed by atoms with van der Waals surface area (Å²) in [6.07, 6.45) is -6.02. The third-order valence-corrected chi connectivity index (χ3v) is 13.7. The van der Waals surface area contributed by atoms with E-state index in [1.165, 1.54) is 0 Å². The smallest absolute Gasteiger partial charge is 0.181 e. The Hall–Kier alpha value is -5.54. The minimum absolute atomic E-state index is 0.0654. The normalized spacial score (nSPS) is 24.4. The SMILES string of the molecule is OC1C(COCc2ccccc2)OC(OC2C(COCc3ccccc3)OC(Sc3ccc(Cl)cc3)C(Nc3ccccc3)C2OCc2ccccc2)C(Nc2ccccc2)C1OCc1ccccc1. The molecule has 2 saturated heterocycles. The van der Waals surface area contributed by atoms with Gasteiger partial charge in [-0.05, 0) is 70.8 Å². The summed E-state index contributed by atoms with van der Waals surface area (Å²) >= 11 is 7.97.